The Balaban J connectivity index is 2.27. The van der Waals surface area contributed by atoms with E-state index in [1.807, 2.05) is 25.1 Å². The van der Waals surface area contributed by atoms with Crippen molar-refractivity contribution in [2.24, 2.45) is 0 Å². The van der Waals surface area contributed by atoms with Gasteiger partial charge >= 0.3 is 6.72 Å². The maximum Gasteiger partial charge on any atom is 0.326 e. The number of hydrogen-bond donors (Lipinski definition) is 1. The highest BCUT2D eigenvalue weighted by Crippen LogP contribution is 2.57. The molecule has 0 aliphatic heterocycles. The van der Waals surface area contributed by atoms with Gasteiger partial charge in [0.25, 0.3) is 0 Å². The molecule has 2 rings (SSSR count). The van der Waals surface area contributed by atoms with Gasteiger partial charge in [0.2, 0.25) is 0 Å². The monoisotopic (exact) mass is 369 g/mol. The van der Waals surface area contributed by atoms with Crippen molar-refractivity contribution < 1.29 is 9.09 Å². The van der Waals surface area contributed by atoms with Gasteiger partial charge in [-0.05, 0) is 35.0 Å². The molecule has 0 aliphatic carbocycles. The van der Waals surface area contributed by atoms with Crippen LogP contribution in [0, 0.1) is 0 Å². The maximum atomic E-state index is 12.4. The Morgan fingerprint density at radius 3 is 2.85 bits per heavy atom. The van der Waals surface area contributed by atoms with E-state index in [1.165, 1.54) is 29.8 Å². The van der Waals surface area contributed by atoms with Gasteiger partial charge in [0.1, 0.15) is 0 Å². The lowest BCUT2D eigenvalue weighted by Gasteiger charge is -2.15. The first-order valence-corrected chi connectivity index (χ1v) is 10.7. The molecule has 0 bridgehead atoms. The fourth-order valence-electron chi connectivity index (χ4n) is 1.73. The van der Waals surface area contributed by atoms with Crippen LogP contribution in [-0.4, -0.2) is 13.7 Å². The summed E-state index contributed by atoms with van der Waals surface area (Å²) in [5.74, 6) is 0.511. The number of hydrogen-bond acceptors (Lipinski definition) is 4. The topological polar surface area (TPSA) is 38.3 Å². The zero-order chi connectivity index (χ0) is 14.8. The number of halogens is 2. The molecule has 2 aromatic rings. The Bertz CT molecular complexity index is 662. The molecule has 0 aliphatic rings. The molecule has 0 amide bonds. The molecule has 1 N–H and O–H groups in total. The number of nitrogens with one attached hydrogen (secondary N) is 1. The molecular weight excluding hydrogens is 356 g/mol. The summed E-state index contributed by atoms with van der Waals surface area (Å²) in [5.41, 5.74) is 0.953. The first-order valence-electron chi connectivity index (χ1n) is 5.91. The Morgan fingerprint density at radius 1 is 1.45 bits per heavy atom. The van der Waals surface area contributed by atoms with E-state index in [0.717, 1.165) is 15.6 Å². The highest BCUT2D eigenvalue weighted by molar-refractivity contribution is 8.55. The second kappa shape index (κ2) is 7.01. The molecule has 1 aromatic heterocycles. The predicted octanol–water partition coefficient (Wildman–Crippen LogP) is 5.81. The van der Waals surface area contributed by atoms with Crippen molar-refractivity contribution in [2.45, 2.75) is 12.7 Å². The zero-order valence-corrected chi connectivity index (χ0v) is 15.0. The van der Waals surface area contributed by atoms with Crippen LogP contribution in [0.4, 0.5) is 0 Å². The zero-order valence-electron chi connectivity index (χ0n) is 11.0. The summed E-state index contributed by atoms with van der Waals surface area (Å²) in [6, 6.07) is 5.68. The van der Waals surface area contributed by atoms with Crippen LogP contribution in [0.1, 0.15) is 12.5 Å². The van der Waals surface area contributed by atoms with E-state index >= 15 is 0 Å². The van der Waals surface area contributed by atoms with Gasteiger partial charge in [-0.25, -0.2) is 5.09 Å². The summed E-state index contributed by atoms with van der Waals surface area (Å²) in [6.45, 7) is -0.398. The van der Waals surface area contributed by atoms with Crippen LogP contribution in [-0.2, 0) is 14.8 Å². The van der Waals surface area contributed by atoms with E-state index in [1.54, 1.807) is 0 Å². The van der Waals surface area contributed by atoms with Crippen LogP contribution >= 0.6 is 52.6 Å². The third-order valence-corrected chi connectivity index (χ3v) is 8.55. The van der Waals surface area contributed by atoms with Crippen LogP contribution in [0.3, 0.4) is 0 Å². The van der Waals surface area contributed by atoms with Crippen molar-refractivity contribution in [1.29, 1.82) is 0 Å². The van der Waals surface area contributed by atoms with Crippen molar-refractivity contribution in [2.75, 3.05) is 13.7 Å². The van der Waals surface area contributed by atoms with Crippen molar-refractivity contribution >= 4 is 62.7 Å². The molecule has 8 heteroatoms. The first-order chi connectivity index (χ1) is 9.49. The predicted molar refractivity (Wildman–Crippen MR) is 91.4 cm³/mol. The van der Waals surface area contributed by atoms with Gasteiger partial charge in [-0.3, -0.25) is 4.57 Å². The van der Waals surface area contributed by atoms with Crippen molar-refractivity contribution in [3.63, 3.8) is 0 Å². The van der Waals surface area contributed by atoms with Crippen LogP contribution in [0.25, 0.3) is 10.1 Å². The second-order valence-corrected chi connectivity index (χ2v) is 10.5. The largest absolute Gasteiger partial charge is 0.326 e. The summed E-state index contributed by atoms with van der Waals surface area (Å²) in [5, 5.41) is 4.56. The highest BCUT2D eigenvalue weighted by atomic mass is 35.5. The fraction of sp³-hybridized carbons (Fsp3) is 0.333. The Labute approximate surface area is 136 Å². The van der Waals surface area contributed by atoms with Crippen LogP contribution < -0.4 is 5.09 Å². The van der Waals surface area contributed by atoms with Crippen molar-refractivity contribution in [3.05, 3.63) is 33.1 Å². The Hall–Kier alpha value is 0.260. The van der Waals surface area contributed by atoms with Gasteiger partial charge in [-0.15, -0.1) is 11.3 Å². The van der Waals surface area contributed by atoms with E-state index in [0.29, 0.717) is 21.7 Å². The van der Waals surface area contributed by atoms with E-state index in [9.17, 15) is 4.57 Å². The fourth-order valence-corrected chi connectivity index (χ4v) is 6.61. The van der Waals surface area contributed by atoms with Crippen LogP contribution in [0.5, 0.6) is 0 Å². The SMILES string of the molecule is CCN[P@](=O)(OC)SCc1c(Cl)sc2ccc(Cl)cc12. The van der Waals surface area contributed by atoms with E-state index in [2.05, 4.69) is 5.09 Å². The molecule has 0 radical (unpaired) electrons. The minimum atomic E-state index is -2.87. The minimum absolute atomic E-state index is 0.511. The number of fused-ring (bicyclic) bond motifs is 1. The molecule has 110 valence electrons. The summed E-state index contributed by atoms with van der Waals surface area (Å²) in [7, 11) is 1.45. The number of rotatable bonds is 6. The lowest BCUT2D eigenvalue weighted by Crippen LogP contribution is -2.08. The van der Waals surface area contributed by atoms with Gasteiger partial charge in [0, 0.05) is 34.7 Å². The van der Waals surface area contributed by atoms with Crippen LogP contribution in [0.2, 0.25) is 9.36 Å². The molecule has 0 spiro atoms. The normalized spacial score (nSPS) is 14.6. The molecule has 1 atom stereocenters. The molecule has 0 unspecified atom stereocenters. The summed E-state index contributed by atoms with van der Waals surface area (Å²) in [4.78, 5) is 0. The summed E-state index contributed by atoms with van der Waals surface area (Å²) in [6.07, 6.45) is 0. The molecule has 3 nitrogen and oxygen atoms in total. The van der Waals surface area contributed by atoms with Gasteiger partial charge in [0.05, 0.1) is 4.34 Å². The molecular formula is C12H14Cl2NO2PS2. The average Bonchev–Trinajstić information content (AvgIpc) is 2.72. The van der Waals surface area contributed by atoms with E-state index < -0.39 is 6.72 Å². The van der Waals surface area contributed by atoms with Gasteiger partial charge < -0.3 is 4.52 Å². The Morgan fingerprint density at radius 2 is 2.20 bits per heavy atom. The smallest absolute Gasteiger partial charge is 0.313 e. The standard InChI is InChI=1S/C12H14Cl2NO2PS2/c1-3-15-18(16,17-2)19-7-10-9-6-8(13)4-5-11(9)20-12(10)14/h4-6H,3,7H2,1-2H3,(H,15,16)/t18-/m0/s1. The minimum Gasteiger partial charge on any atom is -0.313 e. The number of benzene rings is 1. The molecule has 0 saturated heterocycles. The third-order valence-electron chi connectivity index (χ3n) is 2.67. The summed E-state index contributed by atoms with van der Waals surface area (Å²) >= 11 is 15.1. The average molecular weight is 370 g/mol. The van der Waals surface area contributed by atoms with E-state index in [-0.39, 0.29) is 0 Å². The van der Waals surface area contributed by atoms with Crippen LogP contribution in [0.15, 0.2) is 18.2 Å². The molecule has 0 saturated carbocycles. The highest BCUT2D eigenvalue weighted by Gasteiger charge is 2.23. The lowest BCUT2D eigenvalue weighted by atomic mass is 10.2. The molecule has 0 fully saturated rings. The first kappa shape index (κ1) is 16.6. The second-order valence-electron chi connectivity index (χ2n) is 3.96. The Kier molecular flexibility index (Phi) is 5.83. The molecule has 1 heterocycles. The molecule has 1 aromatic carbocycles. The van der Waals surface area contributed by atoms with Gasteiger partial charge in [-0.1, -0.05) is 30.1 Å². The third kappa shape index (κ3) is 3.72. The van der Waals surface area contributed by atoms with Crippen molar-refractivity contribution in [1.82, 2.24) is 5.09 Å². The summed E-state index contributed by atoms with van der Waals surface area (Å²) < 4.78 is 19.2. The van der Waals surface area contributed by atoms with Gasteiger partial charge in [-0.2, -0.15) is 0 Å². The number of thiophene rings is 1. The quantitative estimate of drug-likeness (QED) is 0.652. The van der Waals surface area contributed by atoms with Crippen molar-refractivity contribution in [3.8, 4) is 0 Å². The lowest BCUT2D eigenvalue weighted by molar-refractivity contribution is 0.400. The van der Waals surface area contributed by atoms with E-state index in [4.69, 9.17) is 27.7 Å². The molecule has 20 heavy (non-hydrogen) atoms. The maximum absolute atomic E-state index is 12.4. The van der Waals surface area contributed by atoms with Gasteiger partial charge in [0.15, 0.2) is 0 Å².